The Morgan fingerprint density at radius 3 is 2.82 bits per heavy atom. The first-order chi connectivity index (χ1) is 8.13. The molecule has 0 amide bonds. The van der Waals surface area contributed by atoms with Gasteiger partial charge in [0.05, 0.1) is 11.5 Å². The number of rotatable bonds is 3. The highest BCUT2D eigenvalue weighted by Gasteiger charge is 2.11. The molecule has 0 saturated carbocycles. The Morgan fingerprint density at radius 2 is 2.29 bits per heavy atom. The first-order valence-electron chi connectivity index (χ1n) is 4.81. The molecule has 0 spiro atoms. The minimum Gasteiger partial charge on any atom is -0.543 e. The summed E-state index contributed by atoms with van der Waals surface area (Å²) in [4.78, 5) is 25.5. The summed E-state index contributed by atoms with van der Waals surface area (Å²) in [5, 5.41) is 14.5. The predicted octanol–water partition coefficient (Wildman–Crippen LogP) is -0.248. The molecule has 86 valence electrons. The molecule has 0 unspecified atom stereocenters. The van der Waals surface area contributed by atoms with Gasteiger partial charge in [-0.05, 0) is 18.6 Å². The third kappa shape index (κ3) is 1.92. The average molecular weight is 230 g/mol. The molecule has 0 aliphatic carbocycles. The van der Waals surface area contributed by atoms with Crippen LogP contribution in [-0.2, 0) is 0 Å². The molecule has 0 aromatic carbocycles. The van der Waals surface area contributed by atoms with E-state index in [9.17, 15) is 14.7 Å². The molecule has 0 fully saturated rings. The molecule has 2 rings (SSSR count). The third-order valence-electron chi connectivity index (χ3n) is 2.26. The monoisotopic (exact) mass is 230 g/mol. The Bertz CT molecular complexity index is 589. The number of aromatic nitrogens is 3. The van der Waals surface area contributed by atoms with Crippen molar-refractivity contribution < 1.29 is 14.7 Å². The molecule has 2 aromatic heterocycles. The van der Waals surface area contributed by atoms with E-state index in [0.29, 0.717) is 12.1 Å². The summed E-state index contributed by atoms with van der Waals surface area (Å²) in [6.07, 6.45) is 3.30. The van der Waals surface area contributed by atoms with Crippen LogP contribution >= 0.6 is 0 Å². The van der Waals surface area contributed by atoms with Crippen molar-refractivity contribution in [3.8, 4) is 5.82 Å². The van der Waals surface area contributed by atoms with Crippen LogP contribution in [0.3, 0.4) is 0 Å². The molecular formula is C11H8N3O3-. The number of carbonyl (C=O) groups is 2. The van der Waals surface area contributed by atoms with Gasteiger partial charge in [0.1, 0.15) is 5.69 Å². The van der Waals surface area contributed by atoms with Crippen LogP contribution in [0.4, 0.5) is 0 Å². The largest absolute Gasteiger partial charge is 0.543 e. The number of carbonyl (C=O) groups excluding carboxylic acids is 2. The van der Waals surface area contributed by atoms with Crippen molar-refractivity contribution in [3.05, 3.63) is 41.3 Å². The first kappa shape index (κ1) is 11.0. The second kappa shape index (κ2) is 4.17. The van der Waals surface area contributed by atoms with Crippen LogP contribution in [0.5, 0.6) is 0 Å². The zero-order valence-corrected chi connectivity index (χ0v) is 8.95. The van der Waals surface area contributed by atoms with Crippen LogP contribution < -0.4 is 5.11 Å². The van der Waals surface area contributed by atoms with E-state index in [1.807, 2.05) is 13.0 Å². The lowest BCUT2D eigenvalue weighted by atomic mass is 10.3. The van der Waals surface area contributed by atoms with E-state index in [2.05, 4.69) is 10.1 Å². The smallest absolute Gasteiger partial charge is 0.156 e. The highest BCUT2D eigenvalue weighted by Crippen LogP contribution is 2.12. The average Bonchev–Trinajstić information content (AvgIpc) is 2.73. The number of aldehydes is 1. The van der Waals surface area contributed by atoms with Gasteiger partial charge in [0.15, 0.2) is 12.1 Å². The summed E-state index contributed by atoms with van der Waals surface area (Å²) < 4.78 is 1.25. The van der Waals surface area contributed by atoms with Crippen LogP contribution in [0, 0.1) is 6.92 Å². The van der Waals surface area contributed by atoms with E-state index in [-0.39, 0.29) is 11.3 Å². The number of carboxylic acid groups (broad SMARTS) is 1. The third-order valence-corrected chi connectivity index (χ3v) is 2.26. The Morgan fingerprint density at radius 1 is 1.53 bits per heavy atom. The maximum Gasteiger partial charge on any atom is 0.156 e. The molecule has 0 radical (unpaired) electrons. The Balaban J connectivity index is 2.58. The number of hydrogen-bond donors (Lipinski definition) is 0. The molecule has 0 bridgehead atoms. The summed E-state index contributed by atoms with van der Waals surface area (Å²) in [6, 6.07) is 3.56. The molecule has 17 heavy (non-hydrogen) atoms. The molecule has 6 heteroatoms. The van der Waals surface area contributed by atoms with Crippen LogP contribution in [-0.4, -0.2) is 27.0 Å². The van der Waals surface area contributed by atoms with Crippen molar-refractivity contribution >= 4 is 12.3 Å². The second-order valence-corrected chi connectivity index (χ2v) is 3.43. The first-order valence-corrected chi connectivity index (χ1v) is 4.81. The van der Waals surface area contributed by atoms with Crippen LogP contribution in [0.1, 0.15) is 26.4 Å². The lowest BCUT2D eigenvalue weighted by molar-refractivity contribution is -0.255. The molecule has 0 saturated heterocycles. The number of nitrogens with zero attached hydrogens (tertiary/aromatic N) is 3. The van der Waals surface area contributed by atoms with E-state index in [1.165, 1.54) is 10.9 Å². The second-order valence-electron chi connectivity index (χ2n) is 3.43. The van der Waals surface area contributed by atoms with Crippen molar-refractivity contribution in [3.63, 3.8) is 0 Å². The summed E-state index contributed by atoms with van der Waals surface area (Å²) in [5.41, 5.74) is 0.400. The van der Waals surface area contributed by atoms with E-state index < -0.39 is 5.97 Å². The quantitative estimate of drug-likeness (QED) is 0.678. The molecule has 6 nitrogen and oxygen atoms in total. The van der Waals surface area contributed by atoms with Crippen molar-refractivity contribution in [1.29, 1.82) is 0 Å². The van der Waals surface area contributed by atoms with E-state index in [1.54, 1.807) is 12.3 Å². The number of hydrogen-bond acceptors (Lipinski definition) is 5. The minimum atomic E-state index is -1.49. The summed E-state index contributed by atoms with van der Waals surface area (Å²) in [7, 11) is 0. The van der Waals surface area contributed by atoms with Gasteiger partial charge in [-0.1, -0.05) is 6.07 Å². The van der Waals surface area contributed by atoms with Gasteiger partial charge in [0.2, 0.25) is 0 Å². The fraction of sp³-hybridized carbons (Fsp3) is 0.0909. The van der Waals surface area contributed by atoms with Crippen LogP contribution in [0.2, 0.25) is 0 Å². The molecule has 0 aliphatic rings. The topological polar surface area (TPSA) is 87.9 Å². The SMILES string of the molecule is Cc1cccnc1-n1cc(C=O)c(C(=O)[O-])n1. The summed E-state index contributed by atoms with van der Waals surface area (Å²) in [5.74, 6) is -1.01. The van der Waals surface area contributed by atoms with Gasteiger partial charge >= 0.3 is 0 Å². The molecule has 0 N–H and O–H groups in total. The minimum absolute atomic E-state index is 0.0324. The molecule has 2 aromatic rings. The van der Waals surface area contributed by atoms with Crippen molar-refractivity contribution in [1.82, 2.24) is 14.8 Å². The van der Waals surface area contributed by atoms with Gasteiger partial charge in [-0.25, -0.2) is 9.67 Å². The highest BCUT2D eigenvalue weighted by atomic mass is 16.4. The molecule has 0 aliphatic heterocycles. The Kier molecular flexibility index (Phi) is 2.70. The Hall–Kier alpha value is -2.50. The number of aryl methyl sites for hydroxylation is 1. The van der Waals surface area contributed by atoms with E-state index in [0.717, 1.165) is 5.56 Å². The molecule has 0 atom stereocenters. The molecule has 2 heterocycles. The zero-order chi connectivity index (χ0) is 12.4. The predicted molar refractivity (Wildman–Crippen MR) is 55.8 cm³/mol. The fourth-order valence-electron chi connectivity index (χ4n) is 1.46. The van der Waals surface area contributed by atoms with E-state index in [4.69, 9.17) is 0 Å². The van der Waals surface area contributed by atoms with Gasteiger partial charge < -0.3 is 9.90 Å². The van der Waals surface area contributed by atoms with Crippen molar-refractivity contribution in [2.45, 2.75) is 6.92 Å². The van der Waals surface area contributed by atoms with Crippen LogP contribution in [0.15, 0.2) is 24.5 Å². The maximum atomic E-state index is 10.7. The fourth-order valence-corrected chi connectivity index (χ4v) is 1.46. The van der Waals surface area contributed by atoms with Crippen LogP contribution in [0.25, 0.3) is 5.82 Å². The molecular weight excluding hydrogens is 222 g/mol. The van der Waals surface area contributed by atoms with Gasteiger partial charge in [-0.2, -0.15) is 5.10 Å². The summed E-state index contributed by atoms with van der Waals surface area (Å²) in [6.45, 7) is 1.81. The van der Waals surface area contributed by atoms with Gasteiger partial charge in [0.25, 0.3) is 0 Å². The maximum absolute atomic E-state index is 10.7. The lowest BCUT2D eigenvalue weighted by Crippen LogP contribution is -2.24. The van der Waals surface area contributed by atoms with E-state index >= 15 is 0 Å². The number of pyridine rings is 1. The normalized spacial score (nSPS) is 10.2. The number of aromatic carboxylic acids is 1. The van der Waals surface area contributed by atoms with Gasteiger partial charge in [-0.3, -0.25) is 4.79 Å². The zero-order valence-electron chi connectivity index (χ0n) is 8.95. The van der Waals surface area contributed by atoms with Crippen molar-refractivity contribution in [2.75, 3.05) is 0 Å². The standard InChI is InChI=1S/C11H9N3O3/c1-7-3-2-4-12-10(7)14-5-8(6-15)9(13-14)11(16)17/h2-6H,1H3,(H,16,17)/p-1. The summed E-state index contributed by atoms with van der Waals surface area (Å²) >= 11 is 0. The van der Waals surface area contributed by atoms with Crippen molar-refractivity contribution in [2.24, 2.45) is 0 Å². The van der Waals surface area contributed by atoms with Gasteiger partial charge in [-0.15, -0.1) is 0 Å². The Labute approximate surface area is 96.5 Å². The lowest BCUT2D eigenvalue weighted by Gasteiger charge is -2.03. The van der Waals surface area contributed by atoms with Gasteiger partial charge in [0, 0.05) is 12.4 Å². The highest BCUT2D eigenvalue weighted by molar-refractivity contribution is 5.94. The number of carboxylic acids is 1.